The Morgan fingerprint density at radius 3 is 2.56 bits per heavy atom. The fraction of sp³-hybridized carbons (Fsp3) is 0. The van der Waals surface area contributed by atoms with Crippen molar-refractivity contribution < 1.29 is 4.79 Å². The van der Waals surface area contributed by atoms with Crippen LogP contribution in [0.25, 0.3) is 0 Å². The van der Waals surface area contributed by atoms with Crippen LogP contribution in [0.5, 0.6) is 0 Å². The van der Waals surface area contributed by atoms with Gasteiger partial charge in [-0.1, -0.05) is 36.3 Å². The number of hydrogen-bond acceptors (Lipinski definition) is 2. The van der Waals surface area contributed by atoms with Gasteiger partial charge in [-0.15, -0.1) is 0 Å². The van der Waals surface area contributed by atoms with Gasteiger partial charge in [0.15, 0.2) is 0 Å². The van der Waals surface area contributed by atoms with Crippen LogP contribution in [0.3, 0.4) is 0 Å². The molecule has 0 aliphatic carbocycles. The van der Waals surface area contributed by atoms with Crippen LogP contribution in [-0.2, 0) is 0 Å². The topological polar surface area (TPSA) is 30.0 Å². The van der Waals surface area contributed by atoms with Gasteiger partial charge in [0.25, 0.3) is 0 Å². The second kappa shape index (κ2) is 4.90. The molecule has 0 aliphatic heterocycles. The Morgan fingerprint density at radius 2 is 1.88 bits per heavy atom. The summed E-state index contributed by atoms with van der Waals surface area (Å²) in [5.41, 5.74) is 1.35. The third-order valence-electron chi connectivity index (χ3n) is 2.02. The van der Waals surface area contributed by atoms with E-state index in [0.717, 1.165) is 5.56 Å². The van der Waals surface area contributed by atoms with Crippen LogP contribution in [0.1, 0.15) is 15.9 Å². The Bertz CT molecular complexity index is 535. The summed E-state index contributed by atoms with van der Waals surface area (Å²) in [5, 5.41) is 0. The largest absolute Gasteiger partial charge is 0.279 e. The molecule has 2 aromatic rings. The van der Waals surface area contributed by atoms with Crippen molar-refractivity contribution in [3.05, 3.63) is 66.0 Å². The van der Waals surface area contributed by atoms with E-state index in [1.165, 1.54) is 0 Å². The van der Waals surface area contributed by atoms with E-state index in [1.54, 1.807) is 30.6 Å². The first kappa shape index (κ1) is 10.1. The molecule has 0 spiro atoms. The molecule has 2 rings (SSSR count). The fourth-order valence-corrected chi connectivity index (χ4v) is 1.23. The molecule has 2 nitrogen and oxygen atoms in total. The summed E-state index contributed by atoms with van der Waals surface area (Å²) in [4.78, 5) is 15.5. The molecule has 0 fully saturated rings. The number of rotatable bonds is 1. The number of benzene rings is 1. The Hall–Kier alpha value is -2.40. The summed E-state index contributed by atoms with van der Waals surface area (Å²) in [6.45, 7) is 0. The minimum absolute atomic E-state index is 0.176. The Morgan fingerprint density at radius 1 is 1.06 bits per heavy atom. The molecule has 1 aromatic carbocycles. The molecule has 0 saturated carbocycles. The number of nitrogens with zero attached hydrogens (tertiary/aromatic N) is 1. The summed E-state index contributed by atoms with van der Waals surface area (Å²) in [5.74, 6) is 5.19. The molecule has 1 aromatic heterocycles. The summed E-state index contributed by atoms with van der Waals surface area (Å²) >= 11 is 0. The van der Waals surface area contributed by atoms with Gasteiger partial charge in [-0.3, -0.25) is 9.78 Å². The second-order valence-electron chi connectivity index (χ2n) is 3.19. The lowest BCUT2D eigenvalue weighted by atomic mass is 10.1. The molecule has 0 aliphatic rings. The van der Waals surface area contributed by atoms with Crippen molar-refractivity contribution in [1.82, 2.24) is 4.98 Å². The average molecular weight is 207 g/mol. The van der Waals surface area contributed by atoms with Crippen molar-refractivity contribution in [2.24, 2.45) is 0 Å². The maximum atomic E-state index is 11.6. The molecule has 1 heterocycles. The quantitative estimate of drug-likeness (QED) is 0.530. The van der Waals surface area contributed by atoms with Gasteiger partial charge in [0.1, 0.15) is 0 Å². The molecule has 0 N–H and O–H groups in total. The molecule has 16 heavy (non-hydrogen) atoms. The minimum Gasteiger partial charge on any atom is -0.279 e. The highest BCUT2D eigenvalue weighted by molar-refractivity contribution is 6.09. The van der Waals surface area contributed by atoms with Crippen LogP contribution < -0.4 is 0 Å². The van der Waals surface area contributed by atoms with Crippen molar-refractivity contribution in [2.75, 3.05) is 0 Å². The highest BCUT2D eigenvalue weighted by Crippen LogP contribution is 1.99. The van der Waals surface area contributed by atoms with E-state index in [-0.39, 0.29) is 5.78 Å². The van der Waals surface area contributed by atoms with Gasteiger partial charge in [0.2, 0.25) is 5.78 Å². The number of carbonyl (C=O) groups is 1. The normalized spacial score (nSPS) is 9.00. The maximum Gasteiger partial charge on any atom is 0.236 e. The van der Waals surface area contributed by atoms with Crippen molar-refractivity contribution >= 4 is 5.78 Å². The Kier molecular flexibility index (Phi) is 3.10. The highest BCUT2D eigenvalue weighted by atomic mass is 16.1. The van der Waals surface area contributed by atoms with E-state index in [1.807, 2.05) is 24.3 Å². The second-order valence-corrected chi connectivity index (χ2v) is 3.19. The molecule has 0 unspecified atom stereocenters. The predicted octanol–water partition coefficient (Wildman–Crippen LogP) is 2.32. The fourth-order valence-electron chi connectivity index (χ4n) is 1.23. The van der Waals surface area contributed by atoms with Gasteiger partial charge in [-0.25, -0.2) is 0 Å². The number of carbonyl (C=O) groups excluding carboxylic acids is 1. The van der Waals surface area contributed by atoms with E-state index in [0.29, 0.717) is 5.56 Å². The van der Waals surface area contributed by atoms with Crippen molar-refractivity contribution in [2.45, 2.75) is 0 Å². The van der Waals surface area contributed by atoms with E-state index in [9.17, 15) is 4.79 Å². The van der Waals surface area contributed by atoms with Crippen LogP contribution in [0.2, 0.25) is 0 Å². The summed E-state index contributed by atoms with van der Waals surface area (Å²) in [6.07, 6.45) is 3.30. The lowest BCUT2D eigenvalue weighted by Crippen LogP contribution is -1.93. The van der Waals surface area contributed by atoms with Gasteiger partial charge in [0, 0.05) is 23.5 Å². The zero-order valence-electron chi connectivity index (χ0n) is 8.55. The highest BCUT2D eigenvalue weighted by Gasteiger charge is 1.98. The molecule has 0 amide bonds. The summed E-state index contributed by atoms with van der Waals surface area (Å²) < 4.78 is 0. The predicted molar refractivity (Wildman–Crippen MR) is 61.9 cm³/mol. The van der Waals surface area contributed by atoms with Crippen molar-refractivity contribution in [1.29, 1.82) is 0 Å². The van der Waals surface area contributed by atoms with Gasteiger partial charge in [0.05, 0.1) is 0 Å². The molecule has 2 heteroatoms. The van der Waals surface area contributed by atoms with Gasteiger partial charge in [-0.05, 0) is 18.1 Å². The standard InChI is InChI=1S/C14H9NO/c16-14(13-6-2-1-3-7-13)9-8-12-5-4-10-15-11-12/h1-7,10-11H. The third kappa shape index (κ3) is 2.55. The summed E-state index contributed by atoms with van der Waals surface area (Å²) in [7, 11) is 0. The van der Waals surface area contributed by atoms with Crippen LogP contribution in [0, 0.1) is 11.8 Å². The summed E-state index contributed by atoms with van der Waals surface area (Å²) in [6, 6.07) is 12.6. The Labute approximate surface area is 94.0 Å². The number of pyridine rings is 1. The number of aromatic nitrogens is 1. The van der Waals surface area contributed by atoms with Gasteiger partial charge in [-0.2, -0.15) is 0 Å². The monoisotopic (exact) mass is 207 g/mol. The first-order valence-corrected chi connectivity index (χ1v) is 4.88. The van der Waals surface area contributed by atoms with E-state index in [4.69, 9.17) is 0 Å². The minimum atomic E-state index is -0.176. The van der Waals surface area contributed by atoms with Gasteiger partial charge < -0.3 is 0 Å². The van der Waals surface area contributed by atoms with Gasteiger partial charge >= 0.3 is 0 Å². The molecule has 0 saturated heterocycles. The molecular weight excluding hydrogens is 198 g/mol. The van der Waals surface area contributed by atoms with E-state index >= 15 is 0 Å². The number of Topliss-reactive ketones (excluding diaryl/α,β-unsaturated/α-hetero) is 1. The van der Waals surface area contributed by atoms with Crippen LogP contribution in [0.15, 0.2) is 54.9 Å². The molecule has 0 radical (unpaired) electrons. The maximum absolute atomic E-state index is 11.6. The first-order valence-electron chi connectivity index (χ1n) is 4.88. The molecule has 76 valence electrons. The zero-order valence-corrected chi connectivity index (χ0v) is 8.55. The molecular formula is C14H9NO. The lowest BCUT2D eigenvalue weighted by Gasteiger charge is -1.90. The van der Waals surface area contributed by atoms with E-state index < -0.39 is 0 Å². The third-order valence-corrected chi connectivity index (χ3v) is 2.02. The van der Waals surface area contributed by atoms with E-state index in [2.05, 4.69) is 16.8 Å². The number of ketones is 1. The molecule has 0 bridgehead atoms. The average Bonchev–Trinajstić information content (AvgIpc) is 2.38. The first-order chi connectivity index (χ1) is 7.86. The SMILES string of the molecule is O=C(C#Cc1cccnc1)c1ccccc1. The Balaban J connectivity index is 2.18. The lowest BCUT2D eigenvalue weighted by molar-refractivity contribution is 0.105. The smallest absolute Gasteiger partial charge is 0.236 e. The van der Waals surface area contributed by atoms with Crippen LogP contribution in [-0.4, -0.2) is 10.8 Å². The van der Waals surface area contributed by atoms with Crippen molar-refractivity contribution in [3.8, 4) is 11.8 Å². The zero-order chi connectivity index (χ0) is 11.2. The van der Waals surface area contributed by atoms with Crippen LogP contribution in [0.4, 0.5) is 0 Å². The van der Waals surface area contributed by atoms with Crippen LogP contribution >= 0.6 is 0 Å². The van der Waals surface area contributed by atoms with Crippen molar-refractivity contribution in [3.63, 3.8) is 0 Å². The molecule has 0 atom stereocenters. The number of hydrogen-bond donors (Lipinski definition) is 0.